The van der Waals surface area contributed by atoms with Gasteiger partial charge < -0.3 is 24.5 Å². The van der Waals surface area contributed by atoms with Crippen LogP contribution in [0.3, 0.4) is 0 Å². The van der Waals surface area contributed by atoms with Gasteiger partial charge in [-0.2, -0.15) is 0 Å². The maximum absolute atomic E-state index is 12.4. The molecule has 1 aromatic heterocycles. The molecule has 1 aliphatic heterocycles. The second kappa shape index (κ2) is 8.12. The van der Waals surface area contributed by atoms with Crippen molar-refractivity contribution in [2.45, 2.75) is 31.3 Å². The number of carbonyl (C=O) groups is 3. The van der Waals surface area contributed by atoms with Crippen LogP contribution in [0.1, 0.15) is 18.4 Å². The van der Waals surface area contributed by atoms with Crippen LogP contribution in [0.5, 0.6) is 5.75 Å². The summed E-state index contributed by atoms with van der Waals surface area (Å²) >= 11 is 0. The van der Waals surface area contributed by atoms with Gasteiger partial charge in [-0.3, -0.25) is 9.59 Å². The monoisotopic (exact) mass is 388 g/mol. The predicted molar refractivity (Wildman–Crippen MR) is 97.9 cm³/mol. The lowest BCUT2D eigenvalue weighted by Gasteiger charge is -2.19. The molecule has 9 heteroatoms. The Bertz CT molecular complexity index is 982. The zero-order valence-corrected chi connectivity index (χ0v) is 15.4. The molecule has 0 spiro atoms. The summed E-state index contributed by atoms with van der Waals surface area (Å²) in [4.78, 5) is 47.9. The quantitative estimate of drug-likeness (QED) is 0.538. The van der Waals surface area contributed by atoms with Crippen molar-refractivity contribution in [1.29, 1.82) is 0 Å². The zero-order chi connectivity index (χ0) is 20.3. The molecule has 0 saturated carbocycles. The van der Waals surface area contributed by atoms with E-state index in [1.807, 2.05) is 0 Å². The molecule has 28 heavy (non-hydrogen) atoms. The predicted octanol–water partition coefficient (Wildman–Crippen LogP) is 0.281. The molecule has 2 aromatic rings. The van der Waals surface area contributed by atoms with Crippen molar-refractivity contribution >= 4 is 28.8 Å². The van der Waals surface area contributed by atoms with Gasteiger partial charge in [-0.1, -0.05) is 0 Å². The normalized spacial score (nSPS) is 17.1. The van der Waals surface area contributed by atoms with Gasteiger partial charge in [-0.15, -0.1) is 0 Å². The maximum atomic E-state index is 12.4. The molecule has 2 atom stereocenters. The van der Waals surface area contributed by atoms with E-state index in [1.165, 1.54) is 20.3 Å². The van der Waals surface area contributed by atoms with Gasteiger partial charge in [0, 0.05) is 30.4 Å². The van der Waals surface area contributed by atoms with Crippen LogP contribution in [0.4, 0.5) is 0 Å². The van der Waals surface area contributed by atoms with Gasteiger partial charge in [-0.05, 0) is 24.1 Å². The SMILES string of the molecule is COC(=O)[C@H](Cc1cc(=O)oc2cc(OC)ccc12)NC(=O)[C@@H]1CCC(=O)N1. The van der Waals surface area contributed by atoms with Gasteiger partial charge in [0.15, 0.2) is 0 Å². The smallest absolute Gasteiger partial charge is 0.336 e. The minimum absolute atomic E-state index is 0.0213. The number of amides is 2. The second-order valence-corrected chi connectivity index (χ2v) is 6.40. The lowest BCUT2D eigenvalue weighted by Crippen LogP contribution is -2.50. The third kappa shape index (κ3) is 4.13. The van der Waals surface area contributed by atoms with Crippen LogP contribution in [-0.2, 0) is 25.5 Å². The van der Waals surface area contributed by atoms with E-state index in [1.54, 1.807) is 18.2 Å². The average Bonchev–Trinajstić information content (AvgIpc) is 3.12. The van der Waals surface area contributed by atoms with Crippen molar-refractivity contribution < 1.29 is 28.3 Å². The highest BCUT2D eigenvalue weighted by molar-refractivity contribution is 5.93. The van der Waals surface area contributed by atoms with Crippen molar-refractivity contribution in [3.63, 3.8) is 0 Å². The van der Waals surface area contributed by atoms with Crippen LogP contribution >= 0.6 is 0 Å². The van der Waals surface area contributed by atoms with Crippen molar-refractivity contribution in [1.82, 2.24) is 10.6 Å². The third-order valence-electron chi connectivity index (χ3n) is 4.58. The number of hydrogen-bond acceptors (Lipinski definition) is 7. The van der Waals surface area contributed by atoms with Crippen LogP contribution in [0, 0.1) is 0 Å². The summed E-state index contributed by atoms with van der Waals surface area (Å²) in [5.41, 5.74) is 0.230. The molecule has 2 N–H and O–H groups in total. The van der Waals surface area contributed by atoms with Crippen molar-refractivity contribution in [2.75, 3.05) is 14.2 Å². The van der Waals surface area contributed by atoms with Crippen LogP contribution in [0.25, 0.3) is 11.0 Å². The molecular formula is C19H20N2O7. The largest absolute Gasteiger partial charge is 0.497 e. The summed E-state index contributed by atoms with van der Waals surface area (Å²) in [5.74, 6) is -0.833. The Morgan fingerprint density at radius 1 is 1.29 bits per heavy atom. The Balaban J connectivity index is 1.88. The number of carbonyl (C=O) groups excluding carboxylic acids is 3. The summed E-state index contributed by atoms with van der Waals surface area (Å²) in [5, 5.41) is 5.76. The van der Waals surface area contributed by atoms with Gasteiger partial charge in [0.05, 0.1) is 14.2 Å². The second-order valence-electron chi connectivity index (χ2n) is 6.40. The minimum Gasteiger partial charge on any atom is -0.497 e. The van der Waals surface area contributed by atoms with Crippen molar-refractivity contribution in [3.05, 3.63) is 40.2 Å². The minimum atomic E-state index is -1.03. The standard InChI is InChI=1S/C19H20N2O7/c1-26-11-3-4-12-10(8-17(23)28-15(12)9-11)7-14(19(25)27-2)21-18(24)13-5-6-16(22)20-13/h3-4,8-9,13-14H,5-7H2,1-2H3,(H,20,22)(H,21,24)/t13-,14-/m0/s1. The van der Waals surface area contributed by atoms with Gasteiger partial charge >= 0.3 is 11.6 Å². The fraction of sp³-hybridized carbons (Fsp3) is 0.368. The lowest BCUT2D eigenvalue weighted by atomic mass is 10.0. The molecular weight excluding hydrogens is 368 g/mol. The first-order valence-corrected chi connectivity index (χ1v) is 8.69. The topological polar surface area (TPSA) is 124 Å². The molecule has 0 unspecified atom stereocenters. The van der Waals surface area contributed by atoms with E-state index >= 15 is 0 Å². The Hall–Kier alpha value is -3.36. The Morgan fingerprint density at radius 2 is 2.07 bits per heavy atom. The average molecular weight is 388 g/mol. The van der Waals surface area contributed by atoms with Crippen LogP contribution in [-0.4, -0.2) is 44.1 Å². The van der Waals surface area contributed by atoms with E-state index in [0.29, 0.717) is 28.7 Å². The van der Waals surface area contributed by atoms with E-state index < -0.39 is 29.6 Å². The number of methoxy groups -OCH3 is 2. The number of rotatable bonds is 6. The van der Waals surface area contributed by atoms with Crippen LogP contribution in [0.15, 0.2) is 33.5 Å². The highest BCUT2D eigenvalue weighted by Crippen LogP contribution is 2.23. The number of nitrogens with one attached hydrogen (secondary N) is 2. The molecule has 1 fully saturated rings. The molecule has 1 aliphatic rings. The summed E-state index contributed by atoms with van der Waals surface area (Å²) in [7, 11) is 2.70. The number of fused-ring (bicyclic) bond motifs is 1. The first kappa shape index (κ1) is 19.4. The van der Waals surface area contributed by atoms with E-state index in [4.69, 9.17) is 13.9 Å². The Kier molecular flexibility index (Phi) is 5.62. The van der Waals surface area contributed by atoms with Crippen molar-refractivity contribution in [3.8, 4) is 5.75 Å². The number of ether oxygens (including phenoxy) is 2. The van der Waals surface area contributed by atoms with E-state index in [-0.39, 0.29) is 18.7 Å². The maximum Gasteiger partial charge on any atom is 0.336 e. The highest BCUT2D eigenvalue weighted by atomic mass is 16.5. The van der Waals surface area contributed by atoms with E-state index in [2.05, 4.69) is 10.6 Å². The molecule has 148 valence electrons. The summed E-state index contributed by atoms with van der Waals surface area (Å²) in [6.45, 7) is 0. The third-order valence-corrected chi connectivity index (χ3v) is 4.58. The highest BCUT2D eigenvalue weighted by Gasteiger charge is 2.31. The molecule has 0 bridgehead atoms. The van der Waals surface area contributed by atoms with E-state index in [0.717, 1.165) is 0 Å². The van der Waals surface area contributed by atoms with E-state index in [9.17, 15) is 19.2 Å². The van der Waals surface area contributed by atoms with Crippen LogP contribution in [0.2, 0.25) is 0 Å². The van der Waals surface area contributed by atoms with Gasteiger partial charge in [0.1, 0.15) is 23.4 Å². The molecule has 3 rings (SSSR count). The summed E-state index contributed by atoms with van der Waals surface area (Å²) in [6, 6.07) is 4.53. The first-order valence-electron chi connectivity index (χ1n) is 8.69. The molecule has 9 nitrogen and oxygen atoms in total. The lowest BCUT2D eigenvalue weighted by molar-refractivity contribution is -0.145. The Morgan fingerprint density at radius 3 is 2.71 bits per heavy atom. The summed E-state index contributed by atoms with van der Waals surface area (Å²) in [6.07, 6.45) is 0.636. The number of esters is 1. The van der Waals surface area contributed by atoms with Gasteiger partial charge in [0.25, 0.3) is 0 Å². The molecule has 0 aliphatic carbocycles. The van der Waals surface area contributed by atoms with Crippen LogP contribution < -0.4 is 21.0 Å². The fourth-order valence-corrected chi connectivity index (χ4v) is 3.14. The molecule has 1 aromatic carbocycles. The van der Waals surface area contributed by atoms with Gasteiger partial charge in [-0.25, -0.2) is 9.59 Å². The molecule has 2 heterocycles. The first-order chi connectivity index (χ1) is 13.4. The van der Waals surface area contributed by atoms with Crippen molar-refractivity contribution in [2.24, 2.45) is 0 Å². The fourth-order valence-electron chi connectivity index (χ4n) is 3.14. The number of benzene rings is 1. The molecule has 2 amide bonds. The molecule has 0 radical (unpaired) electrons. The Labute approximate surface area is 160 Å². The number of hydrogen-bond donors (Lipinski definition) is 2. The zero-order valence-electron chi connectivity index (χ0n) is 15.4. The van der Waals surface area contributed by atoms with Gasteiger partial charge in [0.2, 0.25) is 11.8 Å². The molecule has 1 saturated heterocycles. The summed E-state index contributed by atoms with van der Waals surface area (Å²) < 4.78 is 15.1.